The van der Waals surface area contributed by atoms with E-state index in [1.165, 1.54) is 18.2 Å². The van der Waals surface area contributed by atoms with E-state index in [-0.39, 0.29) is 23.5 Å². The second-order valence-corrected chi connectivity index (χ2v) is 5.58. The molecule has 0 amide bonds. The monoisotopic (exact) mass is 303 g/mol. The Morgan fingerprint density at radius 1 is 1.19 bits per heavy atom. The molecule has 0 bridgehead atoms. The molecule has 0 saturated heterocycles. The number of hydrogen-bond donors (Lipinski definition) is 1. The van der Waals surface area contributed by atoms with Gasteiger partial charge in [0.1, 0.15) is 6.10 Å². The van der Waals surface area contributed by atoms with Crippen LogP contribution in [0.2, 0.25) is 0 Å². The molecule has 1 aliphatic rings. The van der Waals surface area contributed by atoms with Gasteiger partial charge in [0.2, 0.25) is 0 Å². The molecule has 118 valence electrons. The van der Waals surface area contributed by atoms with Gasteiger partial charge in [-0.25, -0.2) is 0 Å². The average Bonchev–Trinajstić information content (AvgIpc) is 3.18. The summed E-state index contributed by atoms with van der Waals surface area (Å²) in [6.45, 7) is 4.57. The van der Waals surface area contributed by atoms with Crippen LogP contribution in [0.5, 0.6) is 11.5 Å². The van der Waals surface area contributed by atoms with Crippen molar-refractivity contribution in [3.05, 3.63) is 24.3 Å². The third-order valence-corrected chi connectivity index (χ3v) is 3.28. The average molecular weight is 303 g/mol. The van der Waals surface area contributed by atoms with Crippen LogP contribution in [-0.4, -0.2) is 25.1 Å². The Morgan fingerprint density at radius 2 is 1.81 bits per heavy atom. The minimum atomic E-state index is -4.72. The summed E-state index contributed by atoms with van der Waals surface area (Å²) in [6.07, 6.45) is -2.63. The van der Waals surface area contributed by atoms with E-state index in [4.69, 9.17) is 4.74 Å². The molecule has 1 unspecified atom stereocenters. The number of para-hydroxylation sites is 2. The molecule has 2 rings (SSSR count). The molecule has 1 aromatic rings. The van der Waals surface area contributed by atoms with E-state index in [0.29, 0.717) is 12.6 Å². The largest absolute Gasteiger partial charge is 0.573 e. The van der Waals surface area contributed by atoms with Gasteiger partial charge >= 0.3 is 6.36 Å². The molecule has 1 fully saturated rings. The first-order valence-electron chi connectivity index (χ1n) is 7.10. The summed E-state index contributed by atoms with van der Waals surface area (Å²) in [4.78, 5) is 0. The first-order valence-corrected chi connectivity index (χ1v) is 7.10. The van der Waals surface area contributed by atoms with Crippen LogP contribution in [-0.2, 0) is 0 Å². The van der Waals surface area contributed by atoms with Crippen LogP contribution < -0.4 is 14.8 Å². The molecule has 6 heteroatoms. The lowest BCUT2D eigenvalue weighted by molar-refractivity contribution is -0.275. The number of hydrogen-bond acceptors (Lipinski definition) is 3. The van der Waals surface area contributed by atoms with E-state index in [0.717, 1.165) is 12.8 Å². The van der Waals surface area contributed by atoms with Gasteiger partial charge in [0, 0.05) is 12.6 Å². The van der Waals surface area contributed by atoms with Gasteiger partial charge in [0.05, 0.1) is 0 Å². The number of ether oxygens (including phenoxy) is 2. The Hall–Kier alpha value is -1.43. The lowest BCUT2D eigenvalue weighted by Crippen LogP contribution is -2.36. The lowest BCUT2D eigenvalue weighted by atomic mass is 10.1. The van der Waals surface area contributed by atoms with Crippen molar-refractivity contribution >= 4 is 0 Å². The minimum Gasteiger partial charge on any atom is -0.485 e. The van der Waals surface area contributed by atoms with Gasteiger partial charge in [0.25, 0.3) is 0 Å². The molecule has 1 atom stereocenters. The van der Waals surface area contributed by atoms with Crippen LogP contribution in [0.1, 0.15) is 26.7 Å². The molecule has 1 saturated carbocycles. The third-order valence-electron chi connectivity index (χ3n) is 3.28. The van der Waals surface area contributed by atoms with Gasteiger partial charge in [-0.1, -0.05) is 26.0 Å². The summed E-state index contributed by atoms with van der Waals surface area (Å²) in [6, 6.07) is 6.39. The predicted molar refractivity (Wildman–Crippen MR) is 73.4 cm³/mol. The maximum absolute atomic E-state index is 12.4. The second kappa shape index (κ2) is 6.56. The second-order valence-electron chi connectivity index (χ2n) is 5.58. The van der Waals surface area contributed by atoms with E-state index < -0.39 is 6.36 Å². The molecule has 1 aliphatic carbocycles. The number of halogens is 3. The summed E-state index contributed by atoms with van der Waals surface area (Å²) in [7, 11) is 0. The van der Waals surface area contributed by atoms with Crippen molar-refractivity contribution in [3.63, 3.8) is 0 Å². The Balaban J connectivity index is 2.04. The van der Waals surface area contributed by atoms with Gasteiger partial charge in [0.15, 0.2) is 11.5 Å². The van der Waals surface area contributed by atoms with Crippen molar-refractivity contribution in [1.29, 1.82) is 0 Å². The zero-order chi connectivity index (χ0) is 15.5. The van der Waals surface area contributed by atoms with E-state index in [9.17, 15) is 13.2 Å². The smallest absolute Gasteiger partial charge is 0.485 e. The van der Waals surface area contributed by atoms with Crippen molar-refractivity contribution < 1.29 is 22.6 Å². The first kappa shape index (κ1) is 15.9. The van der Waals surface area contributed by atoms with Crippen molar-refractivity contribution in [1.82, 2.24) is 5.32 Å². The third kappa shape index (κ3) is 5.46. The summed E-state index contributed by atoms with van der Waals surface area (Å²) in [5.74, 6) is -0.0108. The molecule has 1 aromatic carbocycles. The van der Waals surface area contributed by atoms with Gasteiger partial charge in [-0.05, 0) is 30.9 Å². The Kier molecular flexibility index (Phi) is 4.98. The first-order chi connectivity index (χ1) is 9.85. The molecule has 21 heavy (non-hydrogen) atoms. The topological polar surface area (TPSA) is 30.5 Å². The zero-order valence-electron chi connectivity index (χ0n) is 12.1. The van der Waals surface area contributed by atoms with Crippen molar-refractivity contribution in [3.8, 4) is 11.5 Å². The van der Waals surface area contributed by atoms with E-state index in [1.807, 2.05) is 13.8 Å². The lowest BCUT2D eigenvalue weighted by Gasteiger charge is -2.24. The molecular formula is C15H20F3NO2. The molecule has 0 aromatic heterocycles. The van der Waals surface area contributed by atoms with Crippen molar-refractivity contribution in [2.45, 2.75) is 45.2 Å². The van der Waals surface area contributed by atoms with Crippen LogP contribution in [0, 0.1) is 5.92 Å². The summed E-state index contributed by atoms with van der Waals surface area (Å²) >= 11 is 0. The van der Waals surface area contributed by atoms with Crippen LogP contribution >= 0.6 is 0 Å². The molecule has 0 radical (unpaired) electrons. The normalized spacial score (nSPS) is 16.9. The predicted octanol–water partition coefficient (Wildman–Crippen LogP) is 3.74. The molecule has 0 aliphatic heterocycles. The Bertz CT molecular complexity index is 458. The standard InChI is InChI=1S/C15H20F3NO2/c1-10(2)14(9-19-11-7-8-11)20-12-5-3-4-6-13(12)21-15(16,17)18/h3-6,10-11,14,19H,7-9H2,1-2H3. The van der Waals surface area contributed by atoms with E-state index in [2.05, 4.69) is 10.1 Å². The highest BCUT2D eigenvalue weighted by atomic mass is 19.4. The molecule has 1 N–H and O–H groups in total. The fourth-order valence-electron chi connectivity index (χ4n) is 1.90. The van der Waals surface area contributed by atoms with E-state index >= 15 is 0 Å². The maximum Gasteiger partial charge on any atom is 0.573 e. The summed E-state index contributed by atoms with van der Waals surface area (Å²) < 4.78 is 46.9. The minimum absolute atomic E-state index is 0.117. The Morgan fingerprint density at radius 3 is 2.33 bits per heavy atom. The number of nitrogens with one attached hydrogen (secondary N) is 1. The van der Waals surface area contributed by atoms with E-state index in [1.54, 1.807) is 6.07 Å². The molecular weight excluding hydrogens is 283 g/mol. The number of benzene rings is 1. The molecule has 0 spiro atoms. The fourth-order valence-corrected chi connectivity index (χ4v) is 1.90. The van der Waals surface area contributed by atoms with Gasteiger partial charge in [-0.3, -0.25) is 0 Å². The van der Waals surface area contributed by atoms with Gasteiger partial charge in [-0.15, -0.1) is 13.2 Å². The van der Waals surface area contributed by atoms with Gasteiger partial charge in [-0.2, -0.15) is 0 Å². The summed E-state index contributed by atoms with van der Waals surface area (Å²) in [5.41, 5.74) is 0. The highest BCUT2D eigenvalue weighted by Crippen LogP contribution is 2.33. The quantitative estimate of drug-likeness (QED) is 0.832. The van der Waals surface area contributed by atoms with Crippen molar-refractivity contribution in [2.75, 3.05) is 6.54 Å². The zero-order valence-corrected chi connectivity index (χ0v) is 12.1. The molecule has 0 heterocycles. The van der Waals surface area contributed by atoms with Crippen LogP contribution in [0.3, 0.4) is 0 Å². The maximum atomic E-state index is 12.4. The SMILES string of the molecule is CC(C)C(CNC1CC1)Oc1ccccc1OC(F)(F)F. The number of alkyl halides is 3. The fraction of sp³-hybridized carbons (Fsp3) is 0.600. The van der Waals surface area contributed by atoms with Crippen LogP contribution in [0.15, 0.2) is 24.3 Å². The van der Waals surface area contributed by atoms with Crippen LogP contribution in [0.4, 0.5) is 13.2 Å². The Labute approximate surface area is 122 Å². The van der Waals surface area contributed by atoms with Crippen molar-refractivity contribution in [2.24, 2.45) is 5.92 Å². The van der Waals surface area contributed by atoms with Crippen LogP contribution in [0.25, 0.3) is 0 Å². The summed E-state index contributed by atoms with van der Waals surface area (Å²) in [5, 5.41) is 3.34. The highest BCUT2D eigenvalue weighted by Gasteiger charge is 2.33. The highest BCUT2D eigenvalue weighted by molar-refractivity contribution is 5.39. The number of rotatable bonds is 7. The molecule has 3 nitrogen and oxygen atoms in total. The van der Waals surface area contributed by atoms with Gasteiger partial charge < -0.3 is 14.8 Å².